The number of hydrogen-bond donors (Lipinski definition) is 1. The van der Waals surface area contributed by atoms with E-state index in [1.54, 1.807) is 0 Å². The number of nitrogens with zero attached hydrogens (tertiary/aromatic N) is 1. The van der Waals surface area contributed by atoms with E-state index < -0.39 is 0 Å². The summed E-state index contributed by atoms with van der Waals surface area (Å²) < 4.78 is 0. The van der Waals surface area contributed by atoms with Crippen molar-refractivity contribution in [1.29, 1.82) is 5.26 Å². The summed E-state index contributed by atoms with van der Waals surface area (Å²) in [5, 5.41) is 13.5. The summed E-state index contributed by atoms with van der Waals surface area (Å²) in [7, 11) is 0. The molecule has 0 aliphatic heterocycles. The largest absolute Gasteiger partial charge is 0.297 e. The van der Waals surface area contributed by atoms with E-state index in [1.165, 1.54) is 31.4 Å². The second-order valence-corrected chi connectivity index (χ2v) is 7.03. The van der Waals surface area contributed by atoms with E-state index in [-0.39, 0.29) is 5.54 Å². The minimum Gasteiger partial charge on any atom is -0.297 e. The molecule has 0 radical (unpaired) electrons. The highest BCUT2D eigenvalue weighted by molar-refractivity contribution is 7.99. The molecule has 0 amide bonds. The zero-order valence-corrected chi connectivity index (χ0v) is 12.3. The van der Waals surface area contributed by atoms with Crippen LogP contribution >= 0.6 is 11.8 Å². The van der Waals surface area contributed by atoms with E-state index in [9.17, 15) is 5.26 Å². The monoisotopic (exact) mass is 254 g/mol. The number of rotatable bonds is 7. The van der Waals surface area contributed by atoms with Crippen molar-refractivity contribution in [3.05, 3.63) is 0 Å². The Balaban J connectivity index is 2.16. The Morgan fingerprint density at radius 2 is 2.06 bits per heavy atom. The quantitative estimate of drug-likeness (QED) is 0.703. The molecule has 1 atom stereocenters. The van der Waals surface area contributed by atoms with Gasteiger partial charge in [-0.1, -0.05) is 12.8 Å². The first-order chi connectivity index (χ1) is 8.06. The lowest BCUT2D eigenvalue weighted by Gasteiger charge is -2.26. The van der Waals surface area contributed by atoms with Gasteiger partial charge in [0.2, 0.25) is 0 Å². The molecule has 17 heavy (non-hydrogen) atoms. The lowest BCUT2D eigenvalue weighted by molar-refractivity contribution is 0.380. The van der Waals surface area contributed by atoms with Crippen LogP contribution in [0.15, 0.2) is 0 Å². The fraction of sp³-hybridized carbons (Fsp3) is 0.929. The maximum absolute atomic E-state index is 9.23. The molecule has 0 aromatic rings. The van der Waals surface area contributed by atoms with Crippen LogP contribution in [0.4, 0.5) is 0 Å². The highest BCUT2D eigenvalue weighted by Crippen LogP contribution is 2.30. The SMILES string of the molecule is CC(C)NC(C)(C#N)CCCSC1CCCC1. The van der Waals surface area contributed by atoms with Gasteiger partial charge in [0.15, 0.2) is 0 Å². The molecular weight excluding hydrogens is 228 g/mol. The van der Waals surface area contributed by atoms with E-state index in [2.05, 4.69) is 37.0 Å². The molecule has 0 aromatic carbocycles. The van der Waals surface area contributed by atoms with Crippen LogP contribution in [0.5, 0.6) is 0 Å². The number of nitriles is 1. The van der Waals surface area contributed by atoms with Crippen LogP contribution in [0.25, 0.3) is 0 Å². The molecule has 98 valence electrons. The number of hydrogen-bond acceptors (Lipinski definition) is 3. The molecule has 1 saturated carbocycles. The first kappa shape index (κ1) is 14.9. The molecule has 0 aromatic heterocycles. The van der Waals surface area contributed by atoms with Crippen molar-refractivity contribution >= 4 is 11.8 Å². The third kappa shape index (κ3) is 5.79. The van der Waals surface area contributed by atoms with Gasteiger partial charge in [0, 0.05) is 11.3 Å². The van der Waals surface area contributed by atoms with Crippen molar-refractivity contribution in [3.63, 3.8) is 0 Å². The topological polar surface area (TPSA) is 35.8 Å². The lowest BCUT2D eigenvalue weighted by atomic mass is 9.97. The van der Waals surface area contributed by atoms with Gasteiger partial charge in [0.1, 0.15) is 5.54 Å². The fourth-order valence-electron chi connectivity index (χ4n) is 2.53. The molecule has 2 nitrogen and oxygen atoms in total. The molecule has 1 unspecified atom stereocenters. The Morgan fingerprint density at radius 1 is 1.41 bits per heavy atom. The van der Waals surface area contributed by atoms with Crippen molar-refractivity contribution < 1.29 is 0 Å². The summed E-state index contributed by atoms with van der Waals surface area (Å²) in [4.78, 5) is 0. The third-order valence-corrected chi connectivity index (χ3v) is 4.80. The summed E-state index contributed by atoms with van der Waals surface area (Å²) in [6.07, 6.45) is 7.76. The molecule has 1 aliphatic carbocycles. The highest BCUT2D eigenvalue weighted by Gasteiger charge is 2.24. The van der Waals surface area contributed by atoms with Crippen LogP contribution in [-0.2, 0) is 0 Å². The highest BCUT2D eigenvalue weighted by atomic mass is 32.2. The maximum atomic E-state index is 9.23. The van der Waals surface area contributed by atoms with Crippen LogP contribution in [0.1, 0.15) is 59.3 Å². The zero-order chi connectivity index (χ0) is 12.7. The molecule has 0 saturated heterocycles. The summed E-state index contributed by atoms with van der Waals surface area (Å²) in [5.41, 5.74) is -0.343. The van der Waals surface area contributed by atoms with Gasteiger partial charge in [-0.25, -0.2) is 0 Å². The van der Waals surface area contributed by atoms with Crippen molar-refractivity contribution in [1.82, 2.24) is 5.32 Å². The average molecular weight is 254 g/mol. The van der Waals surface area contributed by atoms with Gasteiger partial charge in [-0.15, -0.1) is 0 Å². The van der Waals surface area contributed by atoms with E-state index in [1.807, 2.05) is 6.92 Å². The van der Waals surface area contributed by atoms with Gasteiger partial charge in [-0.05, 0) is 52.2 Å². The maximum Gasteiger partial charge on any atom is 0.104 e. The predicted octanol–water partition coefficient (Wildman–Crippen LogP) is 3.72. The van der Waals surface area contributed by atoms with Gasteiger partial charge in [-0.3, -0.25) is 5.32 Å². The van der Waals surface area contributed by atoms with Gasteiger partial charge in [-0.2, -0.15) is 17.0 Å². The zero-order valence-electron chi connectivity index (χ0n) is 11.5. The smallest absolute Gasteiger partial charge is 0.104 e. The predicted molar refractivity (Wildman–Crippen MR) is 76.2 cm³/mol. The van der Waals surface area contributed by atoms with Crippen LogP contribution in [0, 0.1) is 11.3 Å². The molecular formula is C14H26N2S. The number of thioether (sulfide) groups is 1. The molecule has 1 fully saturated rings. The van der Waals surface area contributed by atoms with Gasteiger partial charge < -0.3 is 0 Å². The fourth-order valence-corrected chi connectivity index (χ4v) is 3.84. The van der Waals surface area contributed by atoms with E-state index in [4.69, 9.17) is 0 Å². The Kier molecular flexibility index (Phi) is 6.37. The van der Waals surface area contributed by atoms with Crippen molar-refractivity contribution in [2.75, 3.05) is 5.75 Å². The van der Waals surface area contributed by atoms with Crippen LogP contribution in [0.3, 0.4) is 0 Å². The minimum absolute atomic E-state index is 0.343. The summed E-state index contributed by atoms with van der Waals surface area (Å²) in [6, 6.07) is 2.79. The molecule has 0 bridgehead atoms. The number of nitrogens with one attached hydrogen (secondary N) is 1. The van der Waals surface area contributed by atoms with Crippen molar-refractivity contribution in [2.24, 2.45) is 0 Å². The van der Waals surface area contributed by atoms with E-state index >= 15 is 0 Å². The normalized spacial score (nSPS) is 20.4. The summed E-state index contributed by atoms with van der Waals surface area (Å²) in [5.74, 6) is 1.21. The van der Waals surface area contributed by atoms with Gasteiger partial charge >= 0.3 is 0 Å². The third-order valence-electron chi connectivity index (χ3n) is 3.33. The Hall–Kier alpha value is -0.200. The second-order valence-electron chi connectivity index (χ2n) is 5.62. The summed E-state index contributed by atoms with van der Waals surface area (Å²) in [6.45, 7) is 6.22. The molecule has 1 aliphatic rings. The molecule has 1 N–H and O–H groups in total. The molecule has 1 rings (SSSR count). The van der Waals surface area contributed by atoms with E-state index in [0.717, 1.165) is 18.1 Å². The second kappa shape index (κ2) is 7.28. The standard InChI is InChI=1S/C14H26N2S/c1-12(2)16-14(3,11-15)9-6-10-17-13-7-4-5-8-13/h12-13,16H,4-10H2,1-3H3. The van der Waals surface area contributed by atoms with Gasteiger partial charge in [0.25, 0.3) is 0 Å². The van der Waals surface area contributed by atoms with Crippen LogP contribution in [-0.4, -0.2) is 22.6 Å². The Bertz CT molecular complexity index is 253. The summed E-state index contributed by atoms with van der Waals surface area (Å²) >= 11 is 2.12. The lowest BCUT2D eigenvalue weighted by Crippen LogP contribution is -2.44. The van der Waals surface area contributed by atoms with Crippen LogP contribution < -0.4 is 5.32 Å². The van der Waals surface area contributed by atoms with Crippen molar-refractivity contribution in [3.8, 4) is 6.07 Å². The molecule has 3 heteroatoms. The molecule has 0 spiro atoms. The Morgan fingerprint density at radius 3 is 2.59 bits per heavy atom. The average Bonchev–Trinajstić information content (AvgIpc) is 2.76. The van der Waals surface area contributed by atoms with Crippen LogP contribution in [0.2, 0.25) is 0 Å². The first-order valence-corrected chi connectivity index (χ1v) is 7.91. The molecule has 0 heterocycles. The Labute approximate surface area is 111 Å². The van der Waals surface area contributed by atoms with E-state index in [0.29, 0.717) is 6.04 Å². The van der Waals surface area contributed by atoms with Crippen molar-refractivity contribution in [2.45, 2.75) is 76.1 Å². The minimum atomic E-state index is -0.343. The van der Waals surface area contributed by atoms with Gasteiger partial charge in [0.05, 0.1) is 6.07 Å². The first-order valence-electron chi connectivity index (χ1n) is 6.86.